The summed E-state index contributed by atoms with van der Waals surface area (Å²) in [5.74, 6) is -1.68. The van der Waals surface area contributed by atoms with E-state index in [2.05, 4.69) is 15.0 Å². The number of halogens is 2. The van der Waals surface area contributed by atoms with E-state index in [4.69, 9.17) is 9.57 Å². The molecule has 7 nitrogen and oxygen atoms in total. The molecule has 9 heteroatoms. The van der Waals surface area contributed by atoms with E-state index in [-0.39, 0.29) is 11.5 Å². The number of oxime groups is 1. The fourth-order valence-corrected chi connectivity index (χ4v) is 5.23. The molecular formula is C27H30F2N4O3. The van der Waals surface area contributed by atoms with Crippen LogP contribution in [-0.4, -0.2) is 71.9 Å². The number of ether oxygens (including phenoxy) is 1. The van der Waals surface area contributed by atoms with Gasteiger partial charge in [0.2, 0.25) is 5.91 Å². The third kappa shape index (κ3) is 4.77. The van der Waals surface area contributed by atoms with Crippen LogP contribution in [0.25, 0.3) is 0 Å². The quantitative estimate of drug-likeness (QED) is 0.347. The van der Waals surface area contributed by atoms with E-state index in [9.17, 15) is 13.6 Å². The van der Waals surface area contributed by atoms with Crippen LogP contribution in [0, 0.1) is 11.6 Å². The molecule has 1 spiro atoms. The molecule has 0 atom stereocenters. The summed E-state index contributed by atoms with van der Waals surface area (Å²) in [4.78, 5) is 26.1. The zero-order chi connectivity index (χ0) is 25.3. The molecule has 0 radical (unpaired) electrons. The molecule has 0 unspecified atom stereocenters. The molecule has 1 aromatic carbocycles. The molecule has 190 valence electrons. The topological polar surface area (TPSA) is 67.3 Å². The molecule has 0 bridgehead atoms. The van der Waals surface area contributed by atoms with E-state index in [1.54, 1.807) is 18.0 Å². The first kappa shape index (κ1) is 24.5. The van der Waals surface area contributed by atoms with Crippen molar-refractivity contribution in [1.29, 1.82) is 0 Å². The Labute approximate surface area is 209 Å². The first-order chi connectivity index (χ1) is 17.4. The van der Waals surface area contributed by atoms with Gasteiger partial charge in [0.25, 0.3) is 0 Å². The van der Waals surface area contributed by atoms with Gasteiger partial charge in [-0.05, 0) is 61.2 Å². The lowest BCUT2D eigenvalue weighted by atomic mass is 9.81. The number of piperidine rings is 1. The third-order valence-corrected chi connectivity index (χ3v) is 7.31. The molecular weight excluding hydrogens is 466 g/mol. The first-order valence-corrected chi connectivity index (χ1v) is 12.3. The summed E-state index contributed by atoms with van der Waals surface area (Å²) in [6.07, 6.45) is 3.96. The van der Waals surface area contributed by atoms with Crippen LogP contribution >= 0.6 is 0 Å². The van der Waals surface area contributed by atoms with Crippen LogP contribution in [0.2, 0.25) is 0 Å². The third-order valence-electron chi connectivity index (χ3n) is 7.31. The number of amides is 1. The summed E-state index contributed by atoms with van der Waals surface area (Å²) in [6.45, 7) is 5.85. The minimum absolute atomic E-state index is 0.167. The van der Waals surface area contributed by atoms with Crippen LogP contribution in [0.1, 0.15) is 43.0 Å². The monoisotopic (exact) mass is 496 g/mol. The lowest BCUT2D eigenvalue weighted by Gasteiger charge is -2.42. The molecule has 4 heterocycles. The normalized spacial score (nSPS) is 20.3. The SMILES string of the molecule is CCON=C(c1ccc(CN2CCC3(CC2)OCC2=C3CN(C)C(=O)C2)nc1)c1ccc(F)c(F)c1. The number of likely N-dealkylation sites (tertiary alicyclic amines) is 1. The van der Waals surface area contributed by atoms with Gasteiger partial charge in [0.1, 0.15) is 12.3 Å². The number of benzene rings is 1. The van der Waals surface area contributed by atoms with Gasteiger partial charge in [-0.1, -0.05) is 5.16 Å². The largest absolute Gasteiger partial charge is 0.396 e. The van der Waals surface area contributed by atoms with Crippen LogP contribution in [-0.2, 0) is 20.9 Å². The van der Waals surface area contributed by atoms with E-state index in [0.717, 1.165) is 43.8 Å². The van der Waals surface area contributed by atoms with Crippen molar-refractivity contribution in [3.63, 3.8) is 0 Å². The molecule has 0 aliphatic carbocycles. The summed E-state index contributed by atoms with van der Waals surface area (Å²) >= 11 is 0. The highest BCUT2D eigenvalue weighted by atomic mass is 19.2. The molecule has 0 N–H and O–H groups in total. The standard InChI is InChI=1S/C27H30F2N4O3/c1-3-36-31-26(18-5-7-23(28)24(29)12-18)19-4-6-21(30-14-19)15-33-10-8-27(9-11-33)22-16-32(2)25(34)13-20(22)17-35-27/h4-7,12,14H,3,8-11,13,15-17H2,1-2H3. The number of fused-ring (bicyclic) bond motifs is 1. The fourth-order valence-electron chi connectivity index (χ4n) is 5.23. The van der Waals surface area contributed by atoms with E-state index >= 15 is 0 Å². The summed E-state index contributed by atoms with van der Waals surface area (Å²) in [7, 11) is 1.86. The highest BCUT2D eigenvalue weighted by Crippen LogP contribution is 2.43. The van der Waals surface area contributed by atoms with Crippen LogP contribution in [0.5, 0.6) is 0 Å². The van der Waals surface area contributed by atoms with Gasteiger partial charge in [-0.15, -0.1) is 0 Å². The average molecular weight is 497 g/mol. The van der Waals surface area contributed by atoms with Gasteiger partial charge < -0.3 is 14.5 Å². The number of carbonyl (C=O) groups is 1. The molecule has 1 saturated heterocycles. The highest BCUT2D eigenvalue weighted by Gasteiger charge is 2.46. The van der Waals surface area contributed by atoms with Crippen LogP contribution < -0.4 is 0 Å². The Morgan fingerprint density at radius 1 is 1.17 bits per heavy atom. The minimum atomic E-state index is -0.940. The number of carbonyl (C=O) groups excluding carboxylic acids is 1. The van der Waals surface area contributed by atoms with E-state index in [1.165, 1.54) is 17.2 Å². The molecule has 1 amide bonds. The van der Waals surface area contributed by atoms with Gasteiger partial charge in [0.15, 0.2) is 11.6 Å². The number of nitrogens with zero attached hydrogens (tertiary/aromatic N) is 4. The lowest BCUT2D eigenvalue weighted by molar-refractivity contribution is -0.129. The maximum absolute atomic E-state index is 13.8. The van der Waals surface area contributed by atoms with Crippen molar-refractivity contribution in [3.05, 3.63) is 76.1 Å². The molecule has 3 aliphatic rings. The zero-order valence-corrected chi connectivity index (χ0v) is 20.6. The Bertz CT molecular complexity index is 1200. The van der Waals surface area contributed by atoms with Crippen molar-refractivity contribution in [3.8, 4) is 0 Å². The Hall–Kier alpha value is -3.17. The lowest BCUT2D eigenvalue weighted by Crippen LogP contribution is -2.48. The summed E-state index contributed by atoms with van der Waals surface area (Å²) < 4.78 is 33.5. The molecule has 5 rings (SSSR count). The smallest absolute Gasteiger partial charge is 0.226 e. The van der Waals surface area contributed by atoms with Crippen molar-refractivity contribution < 1.29 is 23.1 Å². The van der Waals surface area contributed by atoms with Gasteiger partial charge in [0, 0.05) is 50.6 Å². The maximum Gasteiger partial charge on any atom is 0.226 e. The van der Waals surface area contributed by atoms with Gasteiger partial charge in [-0.3, -0.25) is 14.7 Å². The molecule has 2 aromatic rings. The van der Waals surface area contributed by atoms with E-state index in [0.29, 0.717) is 49.6 Å². The van der Waals surface area contributed by atoms with Crippen molar-refractivity contribution in [2.45, 2.75) is 38.3 Å². The van der Waals surface area contributed by atoms with E-state index < -0.39 is 11.6 Å². The molecule has 1 aromatic heterocycles. The Morgan fingerprint density at radius 3 is 2.64 bits per heavy atom. The minimum Gasteiger partial charge on any atom is -0.396 e. The first-order valence-electron chi connectivity index (χ1n) is 12.3. The van der Waals surface area contributed by atoms with Gasteiger partial charge in [0.05, 0.1) is 24.3 Å². The maximum atomic E-state index is 13.8. The van der Waals surface area contributed by atoms with Crippen LogP contribution in [0.15, 0.2) is 52.8 Å². The number of likely N-dealkylation sites (N-methyl/N-ethyl adjacent to an activating group) is 1. The number of hydrogen-bond donors (Lipinski definition) is 0. The van der Waals surface area contributed by atoms with Crippen molar-refractivity contribution in [2.24, 2.45) is 5.16 Å². The molecule has 3 aliphatic heterocycles. The summed E-state index contributed by atoms with van der Waals surface area (Å²) in [5, 5.41) is 4.12. The molecule has 1 fully saturated rings. The van der Waals surface area contributed by atoms with Gasteiger partial charge >= 0.3 is 0 Å². The number of hydrogen-bond acceptors (Lipinski definition) is 6. The van der Waals surface area contributed by atoms with Crippen molar-refractivity contribution in [1.82, 2.24) is 14.8 Å². The fraction of sp³-hybridized carbons (Fsp3) is 0.444. The van der Waals surface area contributed by atoms with Crippen molar-refractivity contribution in [2.75, 3.05) is 39.9 Å². The Kier molecular flexibility index (Phi) is 6.85. The predicted octanol–water partition coefficient (Wildman–Crippen LogP) is 3.67. The Morgan fingerprint density at radius 2 is 1.94 bits per heavy atom. The summed E-state index contributed by atoms with van der Waals surface area (Å²) in [6, 6.07) is 7.46. The predicted molar refractivity (Wildman–Crippen MR) is 130 cm³/mol. The van der Waals surface area contributed by atoms with E-state index in [1.807, 2.05) is 19.2 Å². The second kappa shape index (κ2) is 10.1. The second-order valence-electron chi connectivity index (χ2n) is 9.59. The molecule has 0 saturated carbocycles. The second-order valence-corrected chi connectivity index (χ2v) is 9.59. The van der Waals surface area contributed by atoms with Crippen molar-refractivity contribution >= 4 is 11.6 Å². The zero-order valence-electron chi connectivity index (χ0n) is 20.6. The number of rotatable bonds is 6. The van der Waals surface area contributed by atoms with Gasteiger partial charge in [-0.2, -0.15) is 0 Å². The highest BCUT2D eigenvalue weighted by molar-refractivity contribution is 6.12. The number of aromatic nitrogens is 1. The Balaban J connectivity index is 1.25. The average Bonchev–Trinajstić information content (AvgIpc) is 3.20. The van der Waals surface area contributed by atoms with Crippen LogP contribution in [0.4, 0.5) is 8.78 Å². The summed E-state index contributed by atoms with van der Waals surface area (Å²) in [5.41, 5.74) is 4.62. The molecule has 36 heavy (non-hydrogen) atoms. The number of pyridine rings is 1. The van der Waals surface area contributed by atoms with Gasteiger partial charge in [-0.25, -0.2) is 8.78 Å². The van der Waals surface area contributed by atoms with Crippen LogP contribution in [0.3, 0.4) is 0 Å².